The van der Waals surface area contributed by atoms with Crippen LogP contribution in [0.25, 0.3) is 21.3 Å². The quantitative estimate of drug-likeness (QED) is 0.222. The monoisotopic (exact) mass is 493 g/mol. The number of hydrogen-bond donors (Lipinski definition) is 1. The van der Waals surface area contributed by atoms with Gasteiger partial charge in [-0.3, -0.25) is 14.2 Å². The predicted molar refractivity (Wildman–Crippen MR) is 137 cm³/mol. The summed E-state index contributed by atoms with van der Waals surface area (Å²) >= 11 is 2.57. The molecule has 2 aromatic carbocycles. The topological polar surface area (TPSA) is 90.3 Å². The Morgan fingerprint density at radius 3 is 2.59 bits per heavy atom. The van der Waals surface area contributed by atoms with Crippen molar-refractivity contribution in [3.8, 4) is 11.1 Å². The number of thioether (sulfide) groups is 1. The summed E-state index contributed by atoms with van der Waals surface area (Å²) in [6.45, 7) is 4.34. The molecule has 0 saturated heterocycles. The Bertz CT molecular complexity index is 1420. The van der Waals surface area contributed by atoms with Crippen molar-refractivity contribution in [2.45, 2.75) is 25.5 Å². The molecular formula is C25H23N3O4S2. The first-order valence-electron chi connectivity index (χ1n) is 10.6. The molecule has 0 bridgehead atoms. The zero-order chi connectivity index (χ0) is 24.2. The molecule has 1 amide bonds. The number of ether oxygens (including phenoxy) is 1. The third-order valence-corrected chi connectivity index (χ3v) is 7.19. The van der Waals surface area contributed by atoms with E-state index in [9.17, 15) is 14.4 Å². The summed E-state index contributed by atoms with van der Waals surface area (Å²) in [5.74, 6) is -0.823. The lowest BCUT2D eigenvalue weighted by molar-refractivity contribution is -0.113. The Labute approximate surface area is 204 Å². The summed E-state index contributed by atoms with van der Waals surface area (Å²) in [6.07, 6.45) is 0. The molecule has 9 heteroatoms. The highest BCUT2D eigenvalue weighted by Gasteiger charge is 2.18. The number of rotatable bonds is 7. The van der Waals surface area contributed by atoms with Crippen LogP contribution >= 0.6 is 23.1 Å². The highest BCUT2D eigenvalue weighted by molar-refractivity contribution is 7.99. The van der Waals surface area contributed by atoms with Crippen molar-refractivity contribution < 1.29 is 14.3 Å². The SMILES string of the molecule is CCn1c(SCC(=O)Nc2ccccc2C(=O)OC)nc2c(-c3ccc(C)cc3)csc2c1=O. The molecule has 2 heterocycles. The van der Waals surface area contributed by atoms with Gasteiger partial charge in [0.05, 0.1) is 29.6 Å². The van der Waals surface area contributed by atoms with Gasteiger partial charge in [-0.05, 0) is 31.5 Å². The normalized spacial score (nSPS) is 10.9. The van der Waals surface area contributed by atoms with Gasteiger partial charge in [0, 0.05) is 17.5 Å². The number of nitrogens with zero attached hydrogens (tertiary/aromatic N) is 2. The van der Waals surface area contributed by atoms with Crippen molar-refractivity contribution >= 4 is 50.9 Å². The molecule has 1 N–H and O–H groups in total. The molecule has 0 radical (unpaired) electrons. The van der Waals surface area contributed by atoms with Crippen molar-refractivity contribution in [2.75, 3.05) is 18.2 Å². The maximum atomic E-state index is 13.1. The molecule has 4 rings (SSSR count). The third-order valence-electron chi connectivity index (χ3n) is 5.26. The number of carbonyl (C=O) groups excluding carboxylic acids is 2. The molecule has 2 aromatic heterocycles. The molecular weight excluding hydrogens is 470 g/mol. The van der Waals surface area contributed by atoms with Crippen LogP contribution in [0.1, 0.15) is 22.8 Å². The van der Waals surface area contributed by atoms with Crippen molar-refractivity contribution in [1.82, 2.24) is 9.55 Å². The minimum Gasteiger partial charge on any atom is -0.465 e. The lowest BCUT2D eigenvalue weighted by atomic mass is 10.1. The molecule has 0 saturated carbocycles. The fourth-order valence-corrected chi connectivity index (χ4v) is 5.32. The Balaban J connectivity index is 1.61. The van der Waals surface area contributed by atoms with Crippen LogP contribution in [0.3, 0.4) is 0 Å². The molecule has 0 unspecified atom stereocenters. The molecule has 0 fully saturated rings. The summed E-state index contributed by atoms with van der Waals surface area (Å²) < 4.78 is 6.95. The lowest BCUT2D eigenvalue weighted by Crippen LogP contribution is -2.23. The van der Waals surface area contributed by atoms with Crippen LogP contribution in [0.5, 0.6) is 0 Å². The summed E-state index contributed by atoms with van der Waals surface area (Å²) in [5, 5.41) is 5.18. The number of hydrogen-bond acceptors (Lipinski definition) is 7. The standard InChI is InChI=1S/C25H23N3O4S2/c1-4-28-23(30)22-21(18(13-33-22)16-11-9-15(2)10-12-16)27-25(28)34-14-20(29)26-19-8-6-5-7-17(19)24(31)32-3/h5-13H,4,14H2,1-3H3,(H,26,29). The maximum absolute atomic E-state index is 13.1. The molecule has 0 aliphatic carbocycles. The number of anilines is 1. The van der Waals surface area contributed by atoms with Gasteiger partial charge >= 0.3 is 5.97 Å². The molecule has 0 spiro atoms. The van der Waals surface area contributed by atoms with Gasteiger partial charge in [-0.15, -0.1) is 11.3 Å². The van der Waals surface area contributed by atoms with E-state index in [0.717, 1.165) is 16.7 Å². The number of aryl methyl sites for hydroxylation is 1. The second kappa shape index (κ2) is 10.2. The minimum atomic E-state index is -0.531. The first-order valence-corrected chi connectivity index (χ1v) is 12.5. The largest absolute Gasteiger partial charge is 0.465 e. The van der Waals surface area contributed by atoms with Gasteiger partial charge in [0.2, 0.25) is 5.91 Å². The fraction of sp³-hybridized carbons (Fsp3) is 0.200. The van der Waals surface area contributed by atoms with Crippen LogP contribution in [-0.4, -0.2) is 34.3 Å². The van der Waals surface area contributed by atoms with Crippen LogP contribution in [-0.2, 0) is 16.1 Å². The van der Waals surface area contributed by atoms with Gasteiger partial charge in [0.1, 0.15) is 4.70 Å². The van der Waals surface area contributed by atoms with E-state index < -0.39 is 5.97 Å². The van der Waals surface area contributed by atoms with E-state index in [1.165, 1.54) is 30.2 Å². The second-order valence-electron chi connectivity index (χ2n) is 7.51. The van der Waals surface area contributed by atoms with Gasteiger partial charge in [-0.2, -0.15) is 0 Å². The maximum Gasteiger partial charge on any atom is 0.339 e. The van der Waals surface area contributed by atoms with E-state index in [1.54, 1.807) is 28.8 Å². The summed E-state index contributed by atoms with van der Waals surface area (Å²) in [6, 6.07) is 14.7. The molecule has 4 aromatic rings. The number of thiophene rings is 1. The van der Waals surface area contributed by atoms with Crippen molar-refractivity contribution in [3.63, 3.8) is 0 Å². The van der Waals surface area contributed by atoms with E-state index in [1.807, 2.05) is 43.5 Å². The van der Waals surface area contributed by atoms with Crippen LogP contribution in [0.2, 0.25) is 0 Å². The lowest BCUT2D eigenvalue weighted by Gasteiger charge is -2.12. The van der Waals surface area contributed by atoms with Crippen LogP contribution < -0.4 is 10.9 Å². The number of esters is 1. The Hall–Kier alpha value is -3.43. The number of aromatic nitrogens is 2. The highest BCUT2D eigenvalue weighted by Crippen LogP contribution is 2.32. The zero-order valence-electron chi connectivity index (χ0n) is 19.0. The number of methoxy groups -OCH3 is 1. The van der Waals surface area contributed by atoms with E-state index >= 15 is 0 Å². The molecule has 0 aliphatic rings. The third kappa shape index (κ3) is 4.76. The van der Waals surface area contributed by atoms with Gasteiger partial charge in [-0.25, -0.2) is 9.78 Å². The van der Waals surface area contributed by atoms with Crippen molar-refractivity contribution in [2.24, 2.45) is 0 Å². The fourth-order valence-electron chi connectivity index (χ4n) is 3.50. The number of fused-ring (bicyclic) bond motifs is 1. The van der Waals surface area contributed by atoms with Gasteiger partial charge < -0.3 is 10.1 Å². The van der Waals surface area contributed by atoms with E-state index in [-0.39, 0.29) is 22.8 Å². The number of para-hydroxylation sites is 1. The average molecular weight is 494 g/mol. The van der Waals surface area contributed by atoms with E-state index in [2.05, 4.69) is 5.32 Å². The smallest absolute Gasteiger partial charge is 0.339 e. The summed E-state index contributed by atoms with van der Waals surface area (Å²) in [5.41, 5.74) is 4.22. The summed E-state index contributed by atoms with van der Waals surface area (Å²) in [7, 11) is 1.29. The zero-order valence-corrected chi connectivity index (χ0v) is 20.6. The predicted octanol–water partition coefficient (Wildman–Crippen LogP) is 4.97. The van der Waals surface area contributed by atoms with Gasteiger partial charge in [0.15, 0.2) is 5.16 Å². The van der Waals surface area contributed by atoms with Gasteiger partial charge in [-0.1, -0.05) is 53.7 Å². The number of benzene rings is 2. The van der Waals surface area contributed by atoms with Crippen LogP contribution in [0, 0.1) is 6.92 Å². The molecule has 7 nitrogen and oxygen atoms in total. The molecule has 174 valence electrons. The van der Waals surface area contributed by atoms with Crippen molar-refractivity contribution in [3.05, 3.63) is 75.4 Å². The first-order chi connectivity index (χ1) is 16.4. The van der Waals surface area contributed by atoms with Crippen LogP contribution in [0.4, 0.5) is 5.69 Å². The minimum absolute atomic E-state index is 0.0253. The van der Waals surface area contributed by atoms with E-state index in [0.29, 0.717) is 27.6 Å². The molecule has 0 aliphatic heterocycles. The Kier molecular flexibility index (Phi) is 7.14. The Morgan fingerprint density at radius 1 is 1.15 bits per heavy atom. The molecule has 0 atom stereocenters. The summed E-state index contributed by atoms with van der Waals surface area (Å²) in [4.78, 5) is 42.5. The van der Waals surface area contributed by atoms with Crippen LogP contribution in [0.15, 0.2) is 63.9 Å². The number of carbonyl (C=O) groups is 2. The number of nitrogens with one attached hydrogen (secondary N) is 1. The van der Waals surface area contributed by atoms with Gasteiger partial charge in [0.25, 0.3) is 5.56 Å². The Morgan fingerprint density at radius 2 is 1.88 bits per heavy atom. The highest BCUT2D eigenvalue weighted by atomic mass is 32.2. The van der Waals surface area contributed by atoms with E-state index in [4.69, 9.17) is 9.72 Å². The average Bonchev–Trinajstić information content (AvgIpc) is 3.27. The first kappa shape index (κ1) is 23.7. The second-order valence-corrected chi connectivity index (χ2v) is 9.33. The number of amides is 1. The van der Waals surface area contributed by atoms with Crippen molar-refractivity contribution in [1.29, 1.82) is 0 Å². The molecule has 34 heavy (non-hydrogen) atoms.